The van der Waals surface area contributed by atoms with Gasteiger partial charge in [-0.1, -0.05) is 6.07 Å². The molecule has 5 heteroatoms. The minimum absolute atomic E-state index is 0.263. The molecule has 3 N–H and O–H groups in total. The van der Waals surface area contributed by atoms with Gasteiger partial charge in [0, 0.05) is 12.6 Å². The Bertz CT molecular complexity index is 294. The number of aliphatic hydroxyl groups is 2. The van der Waals surface area contributed by atoms with Gasteiger partial charge >= 0.3 is 0 Å². The van der Waals surface area contributed by atoms with Crippen molar-refractivity contribution in [2.24, 2.45) is 0 Å². The molecule has 1 aromatic heterocycles. The Hall–Kier alpha value is -1.33. The summed E-state index contributed by atoms with van der Waals surface area (Å²) in [6.45, 7) is 2.45. The first-order chi connectivity index (χ1) is 7.26. The van der Waals surface area contributed by atoms with Crippen LogP contribution in [0.4, 0.5) is 5.82 Å². The molecule has 15 heavy (non-hydrogen) atoms. The number of hydrogen-bond donors (Lipinski definition) is 3. The number of aromatic nitrogens is 1. The first-order valence-corrected chi connectivity index (χ1v) is 4.89. The summed E-state index contributed by atoms with van der Waals surface area (Å²) in [5.74, 6) is 1.16. The van der Waals surface area contributed by atoms with Crippen molar-refractivity contribution in [3.63, 3.8) is 0 Å². The molecule has 1 aromatic rings. The summed E-state index contributed by atoms with van der Waals surface area (Å²) in [4.78, 5) is 4.14. The van der Waals surface area contributed by atoms with Crippen LogP contribution in [0.25, 0.3) is 0 Å². The van der Waals surface area contributed by atoms with E-state index in [1.54, 1.807) is 12.1 Å². The number of rotatable bonds is 6. The van der Waals surface area contributed by atoms with E-state index < -0.39 is 6.10 Å². The number of aliphatic hydroxyl groups excluding tert-OH is 2. The van der Waals surface area contributed by atoms with Gasteiger partial charge in [0.05, 0.1) is 19.3 Å². The maximum Gasteiger partial charge on any atom is 0.215 e. The van der Waals surface area contributed by atoms with E-state index in [4.69, 9.17) is 14.9 Å². The van der Waals surface area contributed by atoms with Gasteiger partial charge < -0.3 is 20.3 Å². The lowest BCUT2D eigenvalue weighted by Crippen LogP contribution is -2.23. The van der Waals surface area contributed by atoms with Crippen molar-refractivity contribution in [1.82, 2.24) is 4.98 Å². The minimum atomic E-state index is -0.775. The van der Waals surface area contributed by atoms with Crippen LogP contribution in [0.15, 0.2) is 18.2 Å². The molecule has 0 aliphatic heterocycles. The molecule has 5 nitrogen and oxygen atoms in total. The molecule has 0 aliphatic rings. The van der Waals surface area contributed by atoms with E-state index in [1.807, 2.05) is 13.0 Å². The van der Waals surface area contributed by atoms with Gasteiger partial charge in [-0.05, 0) is 13.0 Å². The highest BCUT2D eigenvalue weighted by Crippen LogP contribution is 2.10. The highest BCUT2D eigenvalue weighted by atomic mass is 16.5. The van der Waals surface area contributed by atoms with Gasteiger partial charge in [0.15, 0.2) is 0 Å². The topological polar surface area (TPSA) is 74.6 Å². The van der Waals surface area contributed by atoms with Crippen LogP contribution in [-0.2, 0) is 0 Å². The van der Waals surface area contributed by atoms with Gasteiger partial charge in [0.2, 0.25) is 5.88 Å². The summed E-state index contributed by atoms with van der Waals surface area (Å²) in [6.07, 6.45) is -0.775. The number of hydrogen-bond acceptors (Lipinski definition) is 5. The normalized spacial score (nSPS) is 12.2. The second-order valence-corrected chi connectivity index (χ2v) is 3.01. The van der Waals surface area contributed by atoms with Crippen molar-refractivity contribution in [3.05, 3.63) is 18.2 Å². The van der Waals surface area contributed by atoms with E-state index in [2.05, 4.69) is 10.3 Å². The standard InChI is InChI=1S/C10H16N2O3/c1-2-15-10-5-3-4-9(12-10)11-6-8(14)7-13/h3-5,8,13-14H,2,6-7H2,1H3,(H,11,12). The molecule has 0 spiro atoms. The van der Waals surface area contributed by atoms with E-state index >= 15 is 0 Å². The fraction of sp³-hybridized carbons (Fsp3) is 0.500. The second kappa shape index (κ2) is 6.21. The van der Waals surface area contributed by atoms with Gasteiger partial charge in [-0.3, -0.25) is 0 Å². The Balaban J connectivity index is 2.50. The van der Waals surface area contributed by atoms with Crippen LogP contribution >= 0.6 is 0 Å². The van der Waals surface area contributed by atoms with Crippen molar-refractivity contribution < 1.29 is 14.9 Å². The number of anilines is 1. The first kappa shape index (κ1) is 11.7. The molecule has 0 aliphatic carbocycles. The molecular formula is C10H16N2O3. The predicted octanol–water partition coefficient (Wildman–Crippen LogP) is 0.245. The Morgan fingerprint density at radius 2 is 2.33 bits per heavy atom. The summed E-state index contributed by atoms with van der Waals surface area (Å²) < 4.78 is 5.22. The summed E-state index contributed by atoms with van der Waals surface area (Å²) in [7, 11) is 0. The number of nitrogens with one attached hydrogen (secondary N) is 1. The van der Waals surface area contributed by atoms with Crippen molar-refractivity contribution in [2.75, 3.05) is 25.1 Å². The average molecular weight is 212 g/mol. The highest BCUT2D eigenvalue weighted by molar-refractivity contribution is 5.37. The van der Waals surface area contributed by atoms with Gasteiger partial charge in [0.1, 0.15) is 5.82 Å². The van der Waals surface area contributed by atoms with E-state index in [0.29, 0.717) is 18.3 Å². The van der Waals surface area contributed by atoms with Crippen LogP contribution in [0.5, 0.6) is 5.88 Å². The lowest BCUT2D eigenvalue weighted by Gasteiger charge is -2.10. The van der Waals surface area contributed by atoms with E-state index in [-0.39, 0.29) is 13.2 Å². The van der Waals surface area contributed by atoms with Gasteiger partial charge in [0.25, 0.3) is 0 Å². The van der Waals surface area contributed by atoms with Gasteiger partial charge in [-0.2, -0.15) is 4.98 Å². The number of pyridine rings is 1. The largest absolute Gasteiger partial charge is 0.478 e. The summed E-state index contributed by atoms with van der Waals surface area (Å²) in [5, 5.41) is 20.6. The Morgan fingerprint density at radius 3 is 3.00 bits per heavy atom. The number of ether oxygens (including phenoxy) is 1. The third-order valence-corrected chi connectivity index (χ3v) is 1.75. The summed E-state index contributed by atoms with van der Waals surface area (Å²) in [5.41, 5.74) is 0. The maximum absolute atomic E-state index is 9.12. The highest BCUT2D eigenvalue weighted by Gasteiger charge is 2.02. The summed E-state index contributed by atoms with van der Waals surface area (Å²) in [6, 6.07) is 5.34. The molecule has 0 fully saturated rings. The second-order valence-electron chi connectivity index (χ2n) is 3.01. The Labute approximate surface area is 88.7 Å². The lowest BCUT2D eigenvalue weighted by atomic mass is 10.3. The predicted molar refractivity (Wildman–Crippen MR) is 57.0 cm³/mol. The fourth-order valence-electron chi connectivity index (χ4n) is 1.03. The summed E-state index contributed by atoms with van der Waals surface area (Å²) >= 11 is 0. The van der Waals surface area contributed by atoms with Crippen LogP contribution in [0.3, 0.4) is 0 Å². The van der Waals surface area contributed by atoms with E-state index in [0.717, 1.165) is 0 Å². The third-order valence-electron chi connectivity index (χ3n) is 1.75. The molecule has 1 rings (SSSR count). The van der Waals surface area contributed by atoms with Gasteiger partial charge in [-0.15, -0.1) is 0 Å². The molecule has 0 saturated heterocycles. The molecule has 0 radical (unpaired) electrons. The molecule has 0 saturated carbocycles. The zero-order chi connectivity index (χ0) is 11.1. The molecule has 1 unspecified atom stereocenters. The molecule has 0 amide bonds. The fourth-order valence-corrected chi connectivity index (χ4v) is 1.03. The van der Waals surface area contributed by atoms with Crippen molar-refractivity contribution in [1.29, 1.82) is 0 Å². The van der Waals surface area contributed by atoms with Crippen LogP contribution in [0.2, 0.25) is 0 Å². The smallest absolute Gasteiger partial charge is 0.215 e. The van der Waals surface area contributed by atoms with Crippen molar-refractivity contribution in [2.45, 2.75) is 13.0 Å². The monoisotopic (exact) mass is 212 g/mol. The SMILES string of the molecule is CCOc1cccc(NCC(O)CO)n1. The average Bonchev–Trinajstić information content (AvgIpc) is 2.27. The molecule has 84 valence electrons. The van der Waals surface area contributed by atoms with Crippen LogP contribution in [0, 0.1) is 0 Å². The molecule has 0 bridgehead atoms. The molecule has 0 aromatic carbocycles. The van der Waals surface area contributed by atoms with Crippen molar-refractivity contribution in [3.8, 4) is 5.88 Å². The van der Waals surface area contributed by atoms with E-state index in [1.165, 1.54) is 0 Å². The minimum Gasteiger partial charge on any atom is -0.478 e. The third kappa shape index (κ3) is 4.14. The molecule has 1 atom stereocenters. The van der Waals surface area contributed by atoms with Crippen molar-refractivity contribution >= 4 is 5.82 Å². The van der Waals surface area contributed by atoms with Gasteiger partial charge in [-0.25, -0.2) is 0 Å². The maximum atomic E-state index is 9.12. The van der Waals surface area contributed by atoms with Crippen LogP contribution in [0.1, 0.15) is 6.92 Å². The lowest BCUT2D eigenvalue weighted by molar-refractivity contribution is 0.105. The molecular weight excluding hydrogens is 196 g/mol. The zero-order valence-corrected chi connectivity index (χ0v) is 8.68. The Kier molecular flexibility index (Phi) is 4.86. The van der Waals surface area contributed by atoms with E-state index in [9.17, 15) is 0 Å². The quantitative estimate of drug-likeness (QED) is 0.630. The van der Waals surface area contributed by atoms with Crippen LogP contribution in [-0.4, -0.2) is 41.1 Å². The zero-order valence-electron chi connectivity index (χ0n) is 8.68. The Morgan fingerprint density at radius 1 is 1.53 bits per heavy atom. The molecule has 1 heterocycles. The first-order valence-electron chi connectivity index (χ1n) is 4.89. The van der Waals surface area contributed by atoms with Crippen LogP contribution < -0.4 is 10.1 Å². The number of nitrogens with zero attached hydrogens (tertiary/aromatic N) is 1.